The molecule has 0 aliphatic heterocycles. The van der Waals surface area contributed by atoms with Crippen LogP contribution >= 0.6 is 12.2 Å². The SMILES string of the molecule is CC(C)Oc1ccccc1C(=O)NC(=S)Nc1ccc([N+](=O)[O-])cc1O. The van der Waals surface area contributed by atoms with Crippen molar-refractivity contribution in [3.8, 4) is 11.5 Å². The van der Waals surface area contributed by atoms with E-state index in [9.17, 15) is 20.0 Å². The van der Waals surface area contributed by atoms with E-state index in [0.717, 1.165) is 6.07 Å². The minimum absolute atomic E-state index is 0.0708. The third-order valence-electron chi connectivity index (χ3n) is 3.16. The maximum absolute atomic E-state index is 12.4. The van der Waals surface area contributed by atoms with Gasteiger partial charge in [-0.15, -0.1) is 0 Å². The van der Waals surface area contributed by atoms with Crippen LogP contribution in [0.2, 0.25) is 0 Å². The lowest BCUT2D eigenvalue weighted by atomic mass is 10.2. The number of phenolic OH excluding ortho intramolecular Hbond substituents is 1. The Morgan fingerprint density at radius 3 is 2.58 bits per heavy atom. The fourth-order valence-corrected chi connectivity index (χ4v) is 2.28. The highest BCUT2D eigenvalue weighted by molar-refractivity contribution is 7.80. The fraction of sp³-hybridized carbons (Fsp3) is 0.176. The predicted molar refractivity (Wildman–Crippen MR) is 101 cm³/mol. The summed E-state index contributed by atoms with van der Waals surface area (Å²) in [6.45, 7) is 3.69. The number of hydrogen-bond donors (Lipinski definition) is 3. The van der Waals surface area contributed by atoms with Crippen molar-refractivity contribution in [2.45, 2.75) is 20.0 Å². The topological polar surface area (TPSA) is 114 Å². The lowest BCUT2D eigenvalue weighted by Crippen LogP contribution is -2.34. The number of nitrogens with zero attached hydrogens (tertiary/aromatic N) is 1. The van der Waals surface area contributed by atoms with Crippen LogP contribution in [0.25, 0.3) is 0 Å². The molecule has 0 bridgehead atoms. The zero-order valence-corrected chi connectivity index (χ0v) is 14.9. The fourth-order valence-electron chi connectivity index (χ4n) is 2.07. The summed E-state index contributed by atoms with van der Waals surface area (Å²) in [4.78, 5) is 22.5. The van der Waals surface area contributed by atoms with Crippen LogP contribution in [0.5, 0.6) is 11.5 Å². The second-order valence-corrected chi connectivity index (χ2v) is 5.94. The number of phenols is 1. The molecule has 0 saturated carbocycles. The van der Waals surface area contributed by atoms with Crippen LogP contribution in [0, 0.1) is 10.1 Å². The monoisotopic (exact) mass is 375 g/mol. The Balaban J connectivity index is 2.09. The van der Waals surface area contributed by atoms with Gasteiger partial charge in [-0.05, 0) is 44.3 Å². The molecule has 0 spiro atoms. The van der Waals surface area contributed by atoms with Crippen molar-refractivity contribution in [2.75, 3.05) is 5.32 Å². The molecule has 0 aromatic heterocycles. The van der Waals surface area contributed by atoms with Gasteiger partial charge >= 0.3 is 0 Å². The number of aromatic hydroxyl groups is 1. The molecule has 0 unspecified atom stereocenters. The van der Waals surface area contributed by atoms with E-state index in [-0.39, 0.29) is 28.3 Å². The Bertz CT molecular complexity index is 854. The third kappa shape index (κ3) is 4.90. The maximum atomic E-state index is 12.4. The second kappa shape index (κ2) is 8.26. The van der Waals surface area contributed by atoms with E-state index in [1.165, 1.54) is 12.1 Å². The molecule has 2 rings (SSSR count). The predicted octanol–water partition coefficient (Wildman–Crippen LogP) is 3.21. The lowest BCUT2D eigenvalue weighted by Gasteiger charge is -2.15. The molecule has 9 heteroatoms. The Labute approximate surface area is 154 Å². The number of amides is 1. The van der Waals surface area contributed by atoms with E-state index in [0.29, 0.717) is 11.3 Å². The van der Waals surface area contributed by atoms with Crippen molar-refractivity contribution in [3.63, 3.8) is 0 Å². The molecule has 0 saturated heterocycles. The molecule has 0 fully saturated rings. The number of anilines is 1. The molecule has 0 aliphatic rings. The smallest absolute Gasteiger partial charge is 0.273 e. The zero-order chi connectivity index (χ0) is 19.3. The summed E-state index contributed by atoms with van der Waals surface area (Å²) in [5.74, 6) is -0.430. The Morgan fingerprint density at radius 2 is 1.96 bits per heavy atom. The van der Waals surface area contributed by atoms with E-state index < -0.39 is 10.8 Å². The summed E-state index contributed by atoms with van der Waals surface area (Å²) in [6, 6.07) is 10.2. The van der Waals surface area contributed by atoms with Gasteiger partial charge in [-0.25, -0.2) is 0 Å². The molecular formula is C17H17N3O5S. The van der Waals surface area contributed by atoms with Crippen LogP contribution in [0.15, 0.2) is 42.5 Å². The average molecular weight is 375 g/mol. The highest BCUT2D eigenvalue weighted by atomic mass is 32.1. The van der Waals surface area contributed by atoms with Crippen molar-refractivity contribution in [1.82, 2.24) is 5.32 Å². The number of benzene rings is 2. The van der Waals surface area contributed by atoms with Gasteiger partial charge in [-0.2, -0.15) is 0 Å². The summed E-state index contributed by atoms with van der Waals surface area (Å²) in [6.07, 6.45) is -0.105. The molecule has 8 nitrogen and oxygen atoms in total. The Morgan fingerprint density at radius 1 is 1.27 bits per heavy atom. The van der Waals surface area contributed by atoms with Crippen LogP contribution in [-0.4, -0.2) is 27.2 Å². The van der Waals surface area contributed by atoms with Crippen molar-refractivity contribution >= 4 is 34.6 Å². The molecule has 2 aromatic rings. The molecule has 0 aliphatic carbocycles. The average Bonchev–Trinajstić information content (AvgIpc) is 2.56. The van der Waals surface area contributed by atoms with Crippen molar-refractivity contribution < 1.29 is 19.6 Å². The van der Waals surface area contributed by atoms with Gasteiger partial charge in [0, 0.05) is 6.07 Å². The van der Waals surface area contributed by atoms with Crippen LogP contribution in [0.4, 0.5) is 11.4 Å². The van der Waals surface area contributed by atoms with Gasteiger partial charge in [0.1, 0.15) is 11.5 Å². The number of nitro groups is 1. The van der Waals surface area contributed by atoms with Gasteiger partial charge in [-0.1, -0.05) is 12.1 Å². The number of nitrogens with one attached hydrogen (secondary N) is 2. The highest BCUT2D eigenvalue weighted by Gasteiger charge is 2.16. The summed E-state index contributed by atoms with van der Waals surface area (Å²) < 4.78 is 5.59. The first-order chi connectivity index (χ1) is 12.3. The van der Waals surface area contributed by atoms with Gasteiger partial charge in [0.25, 0.3) is 11.6 Å². The standard InChI is InChI=1S/C17H17N3O5S/c1-10(2)25-15-6-4-3-5-12(15)16(22)19-17(26)18-13-8-7-11(20(23)24)9-14(13)21/h3-10,21H,1-2H3,(H2,18,19,22,26). The van der Waals surface area contributed by atoms with Gasteiger partial charge < -0.3 is 15.2 Å². The van der Waals surface area contributed by atoms with E-state index in [2.05, 4.69) is 10.6 Å². The zero-order valence-electron chi connectivity index (χ0n) is 14.1. The van der Waals surface area contributed by atoms with E-state index in [1.807, 2.05) is 13.8 Å². The number of nitro benzene ring substituents is 1. The van der Waals surface area contributed by atoms with Crippen LogP contribution in [0.3, 0.4) is 0 Å². The number of carbonyl (C=O) groups excluding carboxylic acids is 1. The number of ether oxygens (including phenoxy) is 1. The van der Waals surface area contributed by atoms with E-state index >= 15 is 0 Å². The molecule has 0 radical (unpaired) electrons. The quantitative estimate of drug-likeness (QED) is 0.318. The molecule has 2 aromatic carbocycles. The van der Waals surface area contributed by atoms with Gasteiger partial charge in [0.05, 0.1) is 28.3 Å². The number of non-ortho nitro benzene ring substituents is 1. The third-order valence-corrected chi connectivity index (χ3v) is 3.37. The molecular weight excluding hydrogens is 358 g/mol. The van der Waals surface area contributed by atoms with Crippen LogP contribution < -0.4 is 15.4 Å². The maximum Gasteiger partial charge on any atom is 0.273 e. The number of hydrogen-bond acceptors (Lipinski definition) is 6. The Kier molecular flexibility index (Phi) is 6.07. The van der Waals surface area contributed by atoms with E-state index in [4.69, 9.17) is 17.0 Å². The van der Waals surface area contributed by atoms with Crippen molar-refractivity contribution in [2.24, 2.45) is 0 Å². The molecule has 3 N–H and O–H groups in total. The van der Waals surface area contributed by atoms with Crippen molar-refractivity contribution in [1.29, 1.82) is 0 Å². The first-order valence-electron chi connectivity index (χ1n) is 7.63. The molecule has 136 valence electrons. The number of rotatable bonds is 5. The van der Waals surface area contributed by atoms with E-state index in [1.54, 1.807) is 24.3 Å². The summed E-state index contributed by atoms with van der Waals surface area (Å²) in [5.41, 5.74) is 0.175. The van der Waals surface area contributed by atoms with Gasteiger partial charge in [0.15, 0.2) is 5.11 Å². The number of carbonyl (C=O) groups is 1. The van der Waals surface area contributed by atoms with Gasteiger partial charge in [0.2, 0.25) is 0 Å². The van der Waals surface area contributed by atoms with Crippen LogP contribution in [0.1, 0.15) is 24.2 Å². The Hall–Kier alpha value is -3.20. The molecule has 0 heterocycles. The van der Waals surface area contributed by atoms with Crippen LogP contribution in [-0.2, 0) is 0 Å². The largest absolute Gasteiger partial charge is 0.506 e. The minimum Gasteiger partial charge on any atom is -0.506 e. The first-order valence-corrected chi connectivity index (χ1v) is 8.04. The summed E-state index contributed by atoms with van der Waals surface area (Å²) in [7, 11) is 0. The molecule has 26 heavy (non-hydrogen) atoms. The number of thiocarbonyl (C=S) groups is 1. The minimum atomic E-state index is -0.630. The highest BCUT2D eigenvalue weighted by Crippen LogP contribution is 2.27. The second-order valence-electron chi connectivity index (χ2n) is 5.53. The summed E-state index contributed by atoms with van der Waals surface area (Å²) in [5, 5.41) is 25.5. The summed E-state index contributed by atoms with van der Waals surface area (Å²) >= 11 is 5.06. The first kappa shape index (κ1) is 19.1. The van der Waals surface area contributed by atoms with Crippen molar-refractivity contribution in [3.05, 3.63) is 58.1 Å². The molecule has 1 amide bonds. The lowest BCUT2D eigenvalue weighted by molar-refractivity contribution is -0.384. The number of para-hydroxylation sites is 1. The normalized spacial score (nSPS) is 10.3. The molecule has 0 atom stereocenters. The van der Waals surface area contributed by atoms with Gasteiger partial charge in [-0.3, -0.25) is 20.2 Å².